The maximum atomic E-state index is 10.8. The number of carbonyl (C=O) groups is 1. The molecule has 0 aliphatic rings. The van der Waals surface area contributed by atoms with Crippen LogP contribution in [0.25, 0.3) is 0 Å². The first-order valence-corrected chi connectivity index (χ1v) is 7.11. The quantitative estimate of drug-likeness (QED) is 0.373. The zero-order chi connectivity index (χ0) is 14.5. The first-order valence-electron chi connectivity index (χ1n) is 5.89. The normalized spacial score (nSPS) is 10.9. The summed E-state index contributed by atoms with van der Waals surface area (Å²) in [6.45, 7) is 3.21. The van der Waals surface area contributed by atoms with Gasteiger partial charge in [0.1, 0.15) is 5.75 Å². The van der Waals surface area contributed by atoms with Crippen LogP contribution in [0.3, 0.4) is 0 Å². The lowest BCUT2D eigenvalue weighted by molar-refractivity contribution is -0.131. The van der Waals surface area contributed by atoms with Crippen LogP contribution in [0.15, 0.2) is 34.5 Å². The summed E-state index contributed by atoms with van der Waals surface area (Å²) in [5, 5.41) is 13.0. The Morgan fingerprint density at radius 2 is 2.05 bits per heavy atom. The molecule has 20 heavy (non-hydrogen) atoms. The first-order chi connectivity index (χ1) is 9.60. The number of carbonyl (C=O) groups excluding carboxylic acids is 1. The number of aryl methyl sites for hydroxylation is 1. The molecule has 6 nitrogen and oxygen atoms in total. The molecule has 0 N–H and O–H groups in total. The Kier molecular flexibility index (Phi) is 4.52. The predicted molar refractivity (Wildman–Crippen MR) is 77.3 cm³/mol. The zero-order valence-corrected chi connectivity index (χ0v) is 12.2. The van der Waals surface area contributed by atoms with E-state index < -0.39 is 0 Å². The second-order valence-electron chi connectivity index (χ2n) is 3.95. The predicted octanol–water partition coefficient (Wildman–Crippen LogP) is 2.12. The maximum Gasteiger partial charge on any atom is 0.308 e. The highest BCUT2D eigenvalue weighted by Crippen LogP contribution is 2.14. The van der Waals surface area contributed by atoms with Crippen LogP contribution in [0.4, 0.5) is 0 Å². The van der Waals surface area contributed by atoms with Crippen molar-refractivity contribution in [2.75, 3.05) is 6.26 Å². The molecule has 0 radical (unpaired) electrons. The molecule has 0 saturated carbocycles. The van der Waals surface area contributed by atoms with Crippen molar-refractivity contribution in [1.82, 2.24) is 14.9 Å². The Hall–Kier alpha value is -2.15. The summed E-state index contributed by atoms with van der Waals surface area (Å²) in [4.78, 5) is 10.8. The van der Waals surface area contributed by atoms with Gasteiger partial charge in [0.15, 0.2) is 5.82 Å². The minimum Gasteiger partial charge on any atom is -0.427 e. The van der Waals surface area contributed by atoms with Crippen LogP contribution in [0.2, 0.25) is 0 Å². The summed E-state index contributed by atoms with van der Waals surface area (Å²) in [6.07, 6.45) is 3.62. The van der Waals surface area contributed by atoms with Crippen LogP contribution < -0.4 is 4.74 Å². The second-order valence-corrected chi connectivity index (χ2v) is 4.73. The molecule has 1 aromatic carbocycles. The van der Waals surface area contributed by atoms with Gasteiger partial charge in [-0.2, -0.15) is 9.78 Å². The molecule has 0 amide bonds. The van der Waals surface area contributed by atoms with Gasteiger partial charge in [0.05, 0.1) is 6.21 Å². The van der Waals surface area contributed by atoms with Crippen molar-refractivity contribution in [3.63, 3.8) is 0 Å². The molecule has 0 fully saturated rings. The molecule has 0 atom stereocenters. The summed E-state index contributed by atoms with van der Waals surface area (Å²) in [7, 11) is 0. The number of thioether (sulfide) groups is 1. The van der Waals surface area contributed by atoms with Crippen molar-refractivity contribution in [2.45, 2.75) is 19.0 Å². The van der Waals surface area contributed by atoms with E-state index >= 15 is 0 Å². The Balaban J connectivity index is 2.15. The molecule has 104 valence electrons. The fourth-order valence-corrected chi connectivity index (χ4v) is 1.99. The lowest BCUT2D eigenvalue weighted by atomic mass is 10.2. The lowest BCUT2D eigenvalue weighted by Gasteiger charge is -2.01. The van der Waals surface area contributed by atoms with Gasteiger partial charge in [-0.1, -0.05) is 11.8 Å². The third-order valence-corrected chi connectivity index (χ3v) is 3.03. The van der Waals surface area contributed by atoms with Gasteiger partial charge in [0.2, 0.25) is 5.16 Å². The molecule has 0 bridgehead atoms. The van der Waals surface area contributed by atoms with Crippen LogP contribution in [-0.2, 0) is 4.79 Å². The molecular formula is C13H14N4O2S. The van der Waals surface area contributed by atoms with E-state index in [4.69, 9.17) is 4.74 Å². The fourth-order valence-electron chi connectivity index (χ4n) is 1.51. The number of benzene rings is 1. The molecule has 0 aliphatic carbocycles. The minimum atomic E-state index is -0.337. The third-order valence-electron chi connectivity index (χ3n) is 2.41. The van der Waals surface area contributed by atoms with Crippen molar-refractivity contribution >= 4 is 23.9 Å². The molecule has 7 heteroatoms. The average molecular weight is 290 g/mol. The van der Waals surface area contributed by atoms with Crippen molar-refractivity contribution in [1.29, 1.82) is 0 Å². The van der Waals surface area contributed by atoms with E-state index in [2.05, 4.69) is 15.3 Å². The van der Waals surface area contributed by atoms with Gasteiger partial charge < -0.3 is 4.74 Å². The molecule has 0 saturated heterocycles. The third kappa shape index (κ3) is 3.45. The van der Waals surface area contributed by atoms with Crippen LogP contribution in [0.1, 0.15) is 18.3 Å². The Morgan fingerprint density at radius 3 is 2.65 bits per heavy atom. The van der Waals surface area contributed by atoms with Crippen LogP contribution in [0, 0.1) is 6.92 Å². The van der Waals surface area contributed by atoms with E-state index in [9.17, 15) is 4.79 Å². The Labute approximate surface area is 120 Å². The number of hydrogen-bond donors (Lipinski definition) is 0. The van der Waals surface area contributed by atoms with Crippen LogP contribution >= 0.6 is 11.8 Å². The first kappa shape index (κ1) is 14.3. The molecule has 1 heterocycles. The minimum absolute atomic E-state index is 0.337. The smallest absolute Gasteiger partial charge is 0.308 e. The van der Waals surface area contributed by atoms with E-state index in [-0.39, 0.29) is 5.97 Å². The van der Waals surface area contributed by atoms with Crippen LogP contribution in [-0.4, -0.2) is 33.3 Å². The van der Waals surface area contributed by atoms with Crippen molar-refractivity contribution in [3.8, 4) is 5.75 Å². The summed E-state index contributed by atoms with van der Waals surface area (Å²) in [6, 6.07) is 7.08. The van der Waals surface area contributed by atoms with Crippen molar-refractivity contribution in [3.05, 3.63) is 35.7 Å². The number of aromatic nitrogens is 3. The van der Waals surface area contributed by atoms with Crippen LogP contribution in [0.5, 0.6) is 5.75 Å². The van der Waals surface area contributed by atoms with Gasteiger partial charge >= 0.3 is 5.97 Å². The van der Waals surface area contributed by atoms with Gasteiger partial charge in [-0.15, -0.1) is 10.2 Å². The van der Waals surface area contributed by atoms with E-state index in [1.807, 2.05) is 25.3 Å². The number of rotatable bonds is 4. The Bertz CT molecular complexity index is 634. The molecule has 0 spiro atoms. The second kappa shape index (κ2) is 6.33. The number of ether oxygens (including phenoxy) is 1. The summed E-state index contributed by atoms with van der Waals surface area (Å²) < 4.78 is 6.63. The zero-order valence-electron chi connectivity index (χ0n) is 11.4. The highest BCUT2D eigenvalue weighted by Gasteiger charge is 2.05. The van der Waals surface area contributed by atoms with Crippen molar-refractivity contribution < 1.29 is 9.53 Å². The van der Waals surface area contributed by atoms with Gasteiger partial charge in [-0.3, -0.25) is 4.79 Å². The largest absolute Gasteiger partial charge is 0.427 e. The SMILES string of the molecule is CSc1nnc(C)n1/N=C\c1ccc(OC(C)=O)cc1. The highest BCUT2D eigenvalue weighted by molar-refractivity contribution is 7.98. The van der Waals surface area contributed by atoms with Gasteiger partial charge in [-0.25, -0.2) is 0 Å². The van der Waals surface area contributed by atoms with Gasteiger partial charge in [0.25, 0.3) is 0 Å². The monoisotopic (exact) mass is 290 g/mol. The molecule has 2 aromatic rings. The molecule has 0 unspecified atom stereocenters. The Morgan fingerprint density at radius 1 is 1.35 bits per heavy atom. The molecule has 0 aliphatic heterocycles. The summed E-state index contributed by atoms with van der Waals surface area (Å²) in [5.74, 6) is 0.901. The molecule has 2 rings (SSSR count). The number of esters is 1. The van der Waals surface area contributed by atoms with Crippen molar-refractivity contribution in [2.24, 2.45) is 5.10 Å². The van der Waals surface area contributed by atoms with E-state index in [1.54, 1.807) is 23.0 Å². The molecule has 1 aromatic heterocycles. The standard InChI is InChI=1S/C13H14N4O2S/c1-9-15-16-13(20-3)17(9)14-8-11-4-6-12(7-5-11)19-10(2)18/h4-8H,1-3H3/b14-8-. The number of hydrogen-bond acceptors (Lipinski definition) is 6. The lowest BCUT2D eigenvalue weighted by Crippen LogP contribution is -2.01. The van der Waals surface area contributed by atoms with Gasteiger partial charge in [0, 0.05) is 6.92 Å². The number of nitrogens with zero attached hydrogens (tertiary/aromatic N) is 4. The van der Waals surface area contributed by atoms with Gasteiger partial charge in [-0.05, 0) is 43.0 Å². The molecular weight excluding hydrogens is 276 g/mol. The topological polar surface area (TPSA) is 69.4 Å². The fraction of sp³-hybridized carbons (Fsp3) is 0.231. The van der Waals surface area contributed by atoms with E-state index in [1.165, 1.54) is 18.7 Å². The van der Waals surface area contributed by atoms with E-state index in [0.29, 0.717) is 5.75 Å². The van der Waals surface area contributed by atoms with E-state index in [0.717, 1.165) is 16.5 Å². The summed E-state index contributed by atoms with van der Waals surface area (Å²) >= 11 is 1.48. The highest BCUT2D eigenvalue weighted by atomic mass is 32.2. The maximum absolute atomic E-state index is 10.8. The summed E-state index contributed by atoms with van der Waals surface area (Å²) in [5.41, 5.74) is 0.890. The average Bonchev–Trinajstić information content (AvgIpc) is 2.78.